The fraction of sp³-hybridized carbons (Fsp3) is 0.647. The van der Waals surface area contributed by atoms with E-state index in [0.29, 0.717) is 0 Å². The van der Waals surface area contributed by atoms with E-state index in [1.807, 2.05) is 107 Å². The Morgan fingerprint density at radius 1 is 0.511 bits per heavy atom. The normalized spacial score (nSPS) is 22.5. The van der Waals surface area contributed by atoms with Gasteiger partial charge in [0.25, 0.3) is 0 Å². The molecule has 2 N–H and O–H groups in total. The molecule has 3 rings (SSSR count). The summed E-state index contributed by atoms with van der Waals surface area (Å²) in [5.41, 5.74) is 3.17. The first-order valence-electron chi connectivity index (χ1n) is 15.3. The molecule has 2 aromatic rings. The van der Waals surface area contributed by atoms with Gasteiger partial charge in [0, 0.05) is 37.7 Å². The number of hydrogen-bond donors (Lipinski definition) is 2. The molecule has 2 radical (unpaired) electrons. The largest absolute Gasteiger partial charge is 0.507 e. The first kappa shape index (κ1) is 40.8. The summed E-state index contributed by atoms with van der Waals surface area (Å²) in [6, 6.07) is 7.47. The number of phenolic OH excluding ortho intramolecular Hbond substituents is 2. The van der Waals surface area contributed by atoms with Gasteiger partial charge >= 0.3 is 15.2 Å². The molecule has 0 aliphatic carbocycles. The Morgan fingerprint density at radius 3 is 0.889 bits per heavy atom. The van der Waals surface area contributed by atoms with Crippen LogP contribution in [0.1, 0.15) is 116 Å². The summed E-state index contributed by atoms with van der Waals surface area (Å²) in [6.45, 7) is 23.9. The molecule has 0 bridgehead atoms. The van der Waals surface area contributed by atoms with E-state index in [4.69, 9.17) is 18.1 Å². The summed E-state index contributed by atoms with van der Waals surface area (Å²) >= 11 is 0. The average molecular weight is 693 g/mol. The standard InChI is InChI=1S/C34H54O8P2.Ca/c1-31(2,3)25-17-23(18-26(29(25)35)32(4,5)6)21-43(37)39-13-15-41-44(38,42-16-14-40-43)22-24-19-27(33(7,8)9)30(36)28(20-24)34(10,11)12;/h17-20,35-36H,13-16,21-22H2,1-12H3;. The van der Waals surface area contributed by atoms with Crippen molar-refractivity contribution in [1.29, 1.82) is 0 Å². The van der Waals surface area contributed by atoms with E-state index < -0.39 is 15.2 Å². The van der Waals surface area contributed by atoms with Crippen molar-refractivity contribution in [2.24, 2.45) is 0 Å². The zero-order valence-corrected chi connectivity index (χ0v) is 33.5. The number of aromatic hydroxyl groups is 2. The van der Waals surface area contributed by atoms with Crippen molar-refractivity contribution >= 4 is 52.9 Å². The molecule has 0 unspecified atom stereocenters. The molecule has 0 aromatic heterocycles. The average Bonchev–Trinajstić information content (AvgIpc) is 2.84. The minimum Gasteiger partial charge on any atom is -0.507 e. The van der Waals surface area contributed by atoms with Crippen LogP contribution < -0.4 is 0 Å². The van der Waals surface area contributed by atoms with Crippen LogP contribution in [0.2, 0.25) is 0 Å². The van der Waals surface area contributed by atoms with Crippen molar-refractivity contribution in [3.63, 3.8) is 0 Å². The summed E-state index contributed by atoms with van der Waals surface area (Å²) in [5, 5.41) is 22.2. The van der Waals surface area contributed by atoms with Crippen LogP contribution in [0.15, 0.2) is 24.3 Å². The first-order chi connectivity index (χ1) is 19.8. The van der Waals surface area contributed by atoms with Crippen LogP contribution in [0.4, 0.5) is 0 Å². The molecule has 0 atom stereocenters. The second-order valence-corrected chi connectivity index (χ2v) is 20.1. The SMILES string of the molecule is CC(C)(C)c1cc(CP2(=O)OCCOP(=O)(Cc3cc(C(C)(C)C)c(O)c(C(C)(C)C)c3)OCCO2)cc(C(C)(C)C)c1O.[Ca]. The molecule has 0 spiro atoms. The zero-order chi connectivity index (χ0) is 33.5. The van der Waals surface area contributed by atoms with E-state index in [-0.39, 0.29) is 110 Å². The van der Waals surface area contributed by atoms with Crippen molar-refractivity contribution in [3.8, 4) is 11.5 Å². The van der Waals surface area contributed by atoms with Crippen molar-refractivity contribution < 1.29 is 37.4 Å². The van der Waals surface area contributed by atoms with Crippen LogP contribution in [-0.4, -0.2) is 74.4 Å². The van der Waals surface area contributed by atoms with E-state index in [1.54, 1.807) is 0 Å². The van der Waals surface area contributed by atoms with Crippen LogP contribution in [0.5, 0.6) is 11.5 Å². The minimum atomic E-state index is -3.64. The maximum absolute atomic E-state index is 13.9. The molecule has 0 saturated carbocycles. The number of hydrogen-bond acceptors (Lipinski definition) is 8. The molecule has 1 saturated heterocycles. The summed E-state index contributed by atoms with van der Waals surface area (Å²) in [5.74, 6) is 0.491. The van der Waals surface area contributed by atoms with Crippen molar-refractivity contribution in [1.82, 2.24) is 0 Å². The monoisotopic (exact) mass is 692 g/mol. The smallest absolute Gasteiger partial charge is 0.335 e. The number of rotatable bonds is 4. The molecule has 0 amide bonds. The van der Waals surface area contributed by atoms with E-state index in [9.17, 15) is 19.3 Å². The van der Waals surface area contributed by atoms with Crippen molar-refractivity contribution in [2.45, 2.75) is 117 Å². The Morgan fingerprint density at radius 2 is 0.711 bits per heavy atom. The Hall–Kier alpha value is -0.400. The van der Waals surface area contributed by atoms with Gasteiger partial charge in [-0.1, -0.05) is 107 Å². The van der Waals surface area contributed by atoms with Crippen molar-refractivity contribution in [2.75, 3.05) is 26.4 Å². The minimum absolute atomic E-state index is 0. The van der Waals surface area contributed by atoms with Gasteiger partial charge in [0.1, 0.15) is 11.5 Å². The third kappa shape index (κ3) is 10.8. The Labute approximate surface area is 301 Å². The van der Waals surface area contributed by atoms with Gasteiger partial charge in [-0.3, -0.25) is 9.13 Å². The number of benzene rings is 2. The van der Waals surface area contributed by atoms with Gasteiger partial charge in [-0.05, 0) is 55.0 Å². The summed E-state index contributed by atoms with van der Waals surface area (Å²) in [4.78, 5) is 0. The van der Waals surface area contributed by atoms with Gasteiger partial charge in [-0.15, -0.1) is 0 Å². The van der Waals surface area contributed by atoms with Gasteiger partial charge in [-0.2, -0.15) is 0 Å². The van der Waals surface area contributed by atoms with E-state index >= 15 is 0 Å². The molecule has 250 valence electrons. The maximum atomic E-state index is 13.9. The number of phenols is 2. The Balaban J connectivity index is 0.00000705. The quantitative estimate of drug-likeness (QED) is 0.241. The molecule has 45 heavy (non-hydrogen) atoms. The summed E-state index contributed by atoms with van der Waals surface area (Å²) in [6.07, 6.45) is 0.0194. The Bertz CT molecular complexity index is 1240. The fourth-order valence-corrected chi connectivity index (χ4v) is 8.45. The predicted molar refractivity (Wildman–Crippen MR) is 183 cm³/mol. The van der Waals surface area contributed by atoms with E-state index in [1.165, 1.54) is 0 Å². The molecule has 8 nitrogen and oxygen atoms in total. The van der Waals surface area contributed by atoms with Gasteiger partial charge in [-0.25, -0.2) is 0 Å². The third-order valence-corrected chi connectivity index (χ3v) is 11.5. The van der Waals surface area contributed by atoms with Crippen LogP contribution in [0.25, 0.3) is 0 Å². The van der Waals surface area contributed by atoms with Crippen molar-refractivity contribution in [3.05, 3.63) is 57.6 Å². The second-order valence-electron chi connectivity index (χ2n) is 16.0. The summed E-state index contributed by atoms with van der Waals surface area (Å²) < 4.78 is 51.0. The van der Waals surface area contributed by atoms with Crippen LogP contribution in [0.3, 0.4) is 0 Å². The van der Waals surface area contributed by atoms with Gasteiger partial charge < -0.3 is 28.3 Å². The molecule has 11 heteroatoms. The molecule has 1 fully saturated rings. The fourth-order valence-electron chi connectivity index (χ4n) is 5.27. The zero-order valence-electron chi connectivity index (χ0n) is 29.5. The predicted octanol–water partition coefficient (Wildman–Crippen LogP) is 9.07. The van der Waals surface area contributed by atoms with E-state index in [0.717, 1.165) is 33.4 Å². The first-order valence-corrected chi connectivity index (χ1v) is 18.8. The molecule has 1 heterocycles. The van der Waals surface area contributed by atoms with Crippen LogP contribution in [-0.2, 0) is 61.2 Å². The Kier molecular flexibility index (Phi) is 13.2. The van der Waals surface area contributed by atoms with Crippen LogP contribution in [0, 0.1) is 0 Å². The second kappa shape index (κ2) is 14.6. The van der Waals surface area contributed by atoms with Gasteiger partial charge in [0.2, 0.25) is 0 Å². The van der Waals surface area contributed by atoms with E-state index in [2.05, 4.69) is 0 Å². The topological polar surface area (TPSA) is 112 Å². The molecule has 2 aromatic carbocycles. The third-order valence-electron chi connectivity index (χ3n) is 7.64. The van der Waals surface area contributed by atoms with Crippen LogP contribution >= 0.6 is 15.2 Å². The van der Waals surface area contributed by atoms with Gasteiger partial charge in [0.15, 0.2) is 0 Å². The molecular weight excluding hydrogens is 638 g/mol. The molecule has 1 aliphatic heterocycles. The van der Waals surface area contributed by atoms with Gasteiger partial charge in [0.05, 0.1) is 38.8 Å². The maximum Gasteiger partial charge on any atom is 0.335 e. The molecular formula is C34H54CaO8P2. The molecule has 1 aliphatic rings. The summed E-state index contributed by atoms with van der Waals surface area (Å²) in [7, 11) is -7.27.